The summed E-state index contributed by atoms with van der Waals surface area (Å²) in [5.74, 6) is 0.0753. The number of fused-ring (bicyclic) bond motifs is 1. The van der Waals surface area contributed by atoms with Crippen molar-refractivity contribution in [2.24, 2.45) is 4.99 Å². The van der Waals surface area contributed by atoms with E-state index in [0.717, 1.165) is 22.4 Å². The molecule has 0 bridgehead atoms. The quantitative estimate of drug-likeness (QED) is 0.681. The Labute approximate surface area is 135 Å². The Hall–Kier alpha value is -1.56. The average Bonchev–Trinajstić information content (AvgIpc) is 2.92. The molecule has 0 saturated carbocycles. The fraction of sp³-hybridized carbons (Fsp3) is 0.250. The summed E-state index contributed by atoms with van der Waals surface area (Å²) < 4.78 is 19.9. The third kappa shape index (κ3) is 2.97. The number of hydrogen-bond donors (Lipinski definition) is 1. The maximum atomic E-state index is 12.2. The lowest BCUT2D eigenvalue weighted by atomic mass is 10.0. The van der Waals surface area contributed by atoms with Crippen LogP contribution in [-0.4, -0.2) is 26.0 Å². The number of ketones is 1. The van der Waals surface area contributed by atoms with Crippen LogP contribution in [0.3, 0.4) is 0 Å². The molecule has 1 N–H and O–H groups in total. The minimum atomic E-state index is -1.91. The van der Waals surface area contributed by atoms with Gasteiger partial charge in [-0.05, 0) is 41.8 Å². The van der Waals surface area contributed by atoms with Crippen molar-refractivity contribution < 1.29 is 13.6 Å². The molecule has 1 aromatic carbocycles. The SMILES string of the molecule is CC1=C(CS(=O)O)N=C(/C=C2\C(=O)Cc3ccc(Cl)cc32)C1. The van der Waals surface area contributed by atoms with E-state index in [1.165, 1.54) is 0 Å². The van der Waals surface area contributed by atoms with Gasteiger partial charge in [-0.3, -0.25) is 9.79 Å². The molecule has 1 aliphatic carbocycles. The lowest BCUT2D eigenvalue weighted by Gasteiger charge is -2.01. The highest BCUT2D eigenvalue weighted by molar-refractivity contribution is 7.79. The van der Waals surface area contributed by atoms with Crippen molar-refractivity contribution in [2.75, 3.05) is 5.75 Å². The summed E-state index contributed by atoms with van der Waals surface area (Å²) in [7, 11) is 0. The van der Waals surface area contributed by atoms with Gasteiger partial charge >= 0.3 is 0 Å². The molecular weight excluding hydrogens is 322 g/mol. The standard InChI is InChI=1S/C16H14ClNO3S/c1-9-4-12(18-15(9)8-22(20)21)7-14-13-6-11(17)3-2-10(13)5-16(14)19/h2-3,6-7H,4-5,8H2,1H3,(H,20,21)/b14-7-. The summed E-state index contributed by atoms with van der Waals surface area (Å²) in [5, 5.41) is 0.596. The molecule has 1 unspecified atom stereocenters. The number of halogens is 1. The Kier molecular flexibility index (Phi) is 4.12. The first-order valence-corrected chi connectivity index (χ1v) is 8.47. The number of allylic oxidation sites excluding steroid dienone is 3. The molecule has 0 aromatic heterocycles. The average molecular weight is 336 g/mol. The summed E-state index contributed by atoms with van der Waals surface area (Å²) in [5.41, 5.74) is 4.79. The molecule has 4 nitrogen and oxygen atoms in total. The summed E-state index contributed by atoms with van der Waals surface area (Å²) in [6, 6.07) is 5.45. The first kappa shape index (κ1) is 15.3. The zero-order valence-electron chi connectivity index (χ0n) is 11.9. The zero-order chi connectivity index (χ0) is 15.9. The van der Waals surface area contributed by atoms with Crippen LogP contribution in [0.1, 0.15) is 24.5 Å². The van der Waals surface area contributed by atoms with Gasteiger partial charge in [-0.15, -0.1) is 0 Å². The van der Waals surface area contributed by atoms with E-state index in [0.29, 0.717) is 29.1 Å². The molecule has 0 fully saturated rings. The molecule has 3 rings (SSSR count). The van der Waals surface area contributed by atoms with Crippen molar-refractivity contribution in [1.29, 1.82) is 0 Å². The number of hydrogen-bond acceptors (Lipinski definition) is 3. The van der Waals surface area contributed by atoms with E-state index in [4.69, 9.17) is 16.2 Å². The second-order valence-corrected chi connectivity index (χ2v) is 6.80. The van der Waals surface area contributed by atoms with Crippen molar-refractivity contribution >= 4 is 39.7 Å². The maximum absolute atomic E-state index is 12.2. The topological polar surface area (TPSA) is 66.7 Å². The van der Waals surface area contributed by atoms with Crippen LogP contribution in [0, 0.1) is 0 Å². The van der Waals surface area contributed by atoms with Gasteiger partial charge in [0.05, 0.1) is 11.4 Å². The molecule has 22 heavy (non-hydrogen) atoms. The van der Waals surface area contributed by atoms with E-state index < -0.39 is 11.1 Å². The highest BCUT2D eigenvalue weighted by Crippen LogP contribution is 2.33. The molecule has 1 aliphatic heterocycles. The van der Waals surface area contributed by atoms with Crippen LogP contribution in [0.15, 0.2) is 40.5 Å². The Balaban J connectivity index is 1.93. The van der Waals surface area contributed by atoms with Crippen molar-refractivity contribution in [1.82, 2.24) is 0 Å². The smallest absolute Gasteiger partial charge is 0.167 e. The Morgan fingerprint density at radius 2 is 2.18 bits per heavy atom. The molecule has 6 heteroatoms. The van der Waals surface area contributed by atoms with Gasteiger partial charge in [0.15, 0.2) is 16.9 Å². The molecule has 0 amide bonds. The summed E-state index contributed by atoms with van der Waals surface area (Å²) >= 11 is 4.11. The second kappa shape index (κ2) is 5.91. The van der Waals surface area contributed by atoms with Crippen LogP contribution in [-0.2, 0) is 22.3 Å². The van der Waals surface area contributed by atoms with Crippen LogP contribution in [0.25, 0.3) is 5.57 Å². The number of rotatable bonds is 3. The maximum Gasteiger partial charge on any atom is 0.167 e. The minimum absolute atomic E-state index is 0.0227. The van der Waals surface area contributed by atoms with Crippen LogP contribution < -0.4 is 0 Å². The number of carbonyl (C=O) groups excluding carboxylic acids is 1. The van der Waals surface area contributed by atoms with Crippen LogP contribution in [0.5, 0.6) is 0 Å². The molecule has 114 valence electrons. The molecule has 1 aromatic rings. The highest BCUT2D eigenvalue weighted by atomic mass is 35.5. The van der Waals surface area contributed by atoms with Gasteiger partial charge < -0.3 is 4.55 Å². The Morgan fingerprint density at radius 1 is 1.41 bits per heavy atom. The van der Waals surface area contributed by atoms with Gasteiger partial charge in [0.25, 0.3) is 0 Å². The van der Waals surface area contributed by atoms with Crippen LogP contribution in [0.4, 0.5) is 0 Å². The molecule has 1 heterocycles. The fourth-order valence-corrected chi connectivity index (χ4v) is 3.45. The van der Waals surface area contributed by atoms with Crippen molar-refractivity contribution in [2.45, 2.75) is 19.8 Å². The van der Waals surface area contributed by atoms with E-state index in [2.05, 4.69) is 4.99 Å². The molecule has 0 saturated heterocycles. The molecule has 1 atom stereocenters. The predicted molar refractivity (Wildman–Crippen MR) is 88.5 cm³/mol. The third-order valence-corrected chi connectivity index (χ3v) is 4.56. The van der Waals surface area contributed by atoms with Crippen molar-refractivity contribution in [3.8, 4) is 0 Å². The van der Waals surface area contributed by atoms with Gasteiger partial charge in [-0.2, -0.15) is 0 Å². The Bertz CT molecular complexity index is 793. The molecule has 0 spiro atoms. The van der Waals surface area contributed by atoms with E-state index in [9.17, 15) is 9.00 Å². The van der Waals surface area contributed by atoms with Crippen LogP contribution >= 0.6 is 11.6 Å². The predicted octanol–water partition coefficient (Wildman–Crippen LogP) is 3.19. The van der Waals surface area contributed by atoms with Gasteiger partial charge in [0.2, 0.25) is 0 Å². The lowest BCUT2D eigenvalue weighted by molar-refractivity contribution is -0.112. The summed E-state index contributed by atoms with van der Waals surface area (Å²) in [4.78, 5) is 16.6. The molecule has 2 aliphatic rings. The first-order chi connectivity index (χ1) is 10.4. The summed E-state index contributed by atoms with van der Waals surface area (Å²) in [6.07, 6.45) is 2.76. The van der Waals surface area contributed by atoms with Crippen molar-refractivity contribution in [3.05, 3.63) is 51.7 Å². The highest BCUT2D eigenvalue weighted by Gasteiger charge is 2.26. The van der Waals surface area contributed by atoms with Gasteiger partial charge in [0, 0.05) is 29.1 Å². The van der Waals surface area contributed by atoms with Gasteiger partial charge in [0.1, 0.15) is 0 Å². The largest absolute Gasteiger partial charge is 0.306 e. The molecule has 0 radical (unpaired) electrons. The third-order valence-electron chi connectivity index (χ3n) is 3.80. The van der Waals surface area contributed by atoms with E-state index in [1.807, 2.05) is 13.0 Å². The van der Waals surface area contributed by atoms with E-state index >= 15 is 0 Å². The number of nitrogens with zero attached hydrogens (tertiary/aromatic N) is 1. The molecular formula is C16H14ClNO3S. The minimum Gasteiger partial charge on any atom is -0.306 e. The second-order valence-electron chi connectivity index (χ2n) is 5.43. The number of benzene rings is 1. The van der Waals surface area contributed by atoms with E-state index in [-0.39, 0.29) is 11.5 Å². The normalized spacial score (nSPS) is 20.6. The van der Waals surface area contributed by atoms with Gasteiger partial charge in [-0.25, -0.2) is 4.21 Å². The van der Waals surface area contributed by atoms with Gasteiger partial charge in [-0.1, -0.05) is 17.7 Å². The van der Waals surface area contributed by atoms with E-state index in [1.54, 1.807) is 18.2 Å². The van der Waals surface area contributed by atoms with Crippen molar-refractivity contribution in [3.63, 3.8) is 0 Å². The number of carbonyl (C=O) groups is 1. The number of Topliss-reactive ketones (excluding diaryl/α,β-unsaturated/α-hetero) is 1. The zero-order valence-corrected chi connectivity index (χ0v) is 13.5. The fourth-order valence-electron chi connectivity index (χ4n) is 2.73. The monoisotopic (exact) mass is 335 g/mol. The summed E-state index contributed by atoms with van der Waals surface area (Å²) in [6.45, 7) is 1.89. The van der Waals surface area contributed by atoms with Crippen LogP contribution in [0.2, 0.25) is 5.02 Å². The number of aliphatic imine (C=N–C) groups is 1. The Morgan fingerprint density at radius 3 is 2.91 bits per heavy atom. The lowest BCUT2D eigenvalue weighted by Crippen LogP contribution is -1.98. The first-order valence-electron chi connectivity index (χ1n) is 6.81.